The van der Waals surface area contributed by atoms with E-state index in [1.54, 1.807) is 35.2 Å². The molecule has 3 rings (SSSR count). The maximum absolute atomic E-state index is 13.7. The Morgan fingerprint density at radius 3 is 2.23 bits per heavy atom. The molecule has 7 heteroatoms. The first-order valence-corrected chi connectivity index (χ1v) is 12.8. The normalized spacial score (nSPS) is 11.7. The number of nitrogens with zero attached hydrogens (tertiary/aromatic N) is 1. The molecule has 0 spiro atoms. The number of rotatable bonds is 11. The molecule has 0 aliphatic carbocycles. The molecule has 4 nitrogen and oxygen atoms in total. The fourth-order valence-electron chi connectivity index (χ4n) is 3.78. The molecule has 2 amide bonds. The number of benzene rings is 3. The van der Waals surface area contributed by atoms with Crippen LogP contribution in [0.1, 0.15) is 36.5 Å². The van der Waals surface area contributed by atoms with Gasteiger partial charge in [0, 0.05) is 34.6 Å². The molecule has 35 heavy (non-hydrogen) atoms. The van der Waals surface area contributed by atoms with Gasteiger partial charge in [0.05, 0.1) is 6.42 Å². The van der Waals surface area contributed by atoms with Crippen molar-refractivity contribution in [2.24, 2.45) is 0 Å². The van der Waals surface area contributed by atoms with Crippen LogP contribution in [-0.4, -0.2) is 29.3 Å². The van der Waals surface area contributed by atoms with Crippen LogP contribution in [0.4, 0.5) is 0 Å². The minimum absolute atomic E-state index is 0.0527. The second-order valence-corrected chi connectivity index (χ2v) is 9.69. The average molecular weight is 532 g/mol. The van der Waals surface area contributed by atoms with E-state index in [1.165, 1.54) is 0 Å². The van der Waals surface area contributed by atoms with Gasteiger partial charge < -0.3 is 10.2 Å². The van der Waals surface area contributed by atoms with Gasteiger partial charge in [0.25, 0.3) is 0 Å². The fourth-order valence-corrected chi connectivity index (χ4v) is 4.38. The van der Waals surface area contributed by atoms with E-state index in [4.69, 9.17) is 34.8 Å². The van der Waals surface area contributed by atoms with Crippen LogP contribution in [0.3, 0.4) is 0 Å². The van der Waals surface area contributed by atoms with E-state index in [0.29, 0.717) is 33.6 Å². The summed E-state index contributed by atoms with van der Waals surface area (Å²) in [6.07, 6.45) is 2.28. The van der Waals surface area contributed by atoms with Gasteiger partial charge in [-0.3, -0.25) is 9.59 Å². The van der Waals surface area contributed by atoms with Crippen LogP contribution >= 0.6 is 34.8 Å². The van der Waals surface area contributed by atoms with Gasteiger partial charge in [0.1, 0.15) is 6.04 Å². The molecule has 1 atom stereocenters. The zero-order valence-corrected chi connectivity index (χ0v) is 21.9. The third kappa shape index (κ3) is 8.28. The van der Waals surface area contributed by atoms with Gasteiger partial charge in [-0.1, -0.05) is 96.7 Å². The standard InChI is InChI=1S/C28H29Cl3N2O2/c1-2-3-15-32-28(35)26(16-20-7-5-4-6-8-20)33(19-21-9-12-23(29)13-10-21)27(34)17-22-11-14-24(30)18-25(22)31/h4-14,18,26H,2-3,15-17,19H2,1H3,(H,32,35)/t26-/m1/s1. The smallest absolute Gasteiger partial charge is 0.243 e. The Balaban J connectivity index is 1.95. The summed E-state index contributed by atoms with van der Waals surface area (Å²) in [6, 6.07) is 21.4. The average Bonchev–Trinajstić information content (AvgIpc) is 2.85. The van der Waals surface area contributed by atoms with Crippen molar-refractivity contribution in [2.45, 2.75) is 45.2 Å². The lowest BCUT2D eigenvalue weighted by Crippen LogP contribution is -2.51. The van der Waals surface area contributed by atoms with Gasteiger partial charge in [-0.15, -0.1) is 0 Å². The summed E-state index contributed by atoms with van der Waals surface area (Å²) < 4.78 is 0. The summed E-state index contributed by atoms with van der Waals surface area (Å²) in [4.78, 5) is 28.8. The summed E-state index contributed by atoms with van der Waals surface area (Å²) >= 11 is 18.5. The van der Waals surface area contributed by atoms with Crippen molar-refractivity contribution >= 4 is 46.6 Å². The molecule has 0 aliphatic heterocycles. The van der Waals surface area contributed by atoms with E-state index in [0.717, 1.165) is 24.0 Å². The summed E-state index contributed by atoms with van der Waals surface area (Å²) in [5, 5.41) is 4.55. The highest BCUT2D eigenvalue weighted by Crippen LogP contribution is 2.23. The fraction of sp³-hybridized carbons (Fsp3) is 0.286. The minimum Gasteiger partial charge on any atom is -0.354 e. The molecule has 0 aromatic heterocycles. The van der Waals surface area contributed by atoms with E-state index in [-0.39, 0.29) is 24.8 Å². The second kappa shape index (κ2) is 13.5. The third-order valence-corrected chi connectivity index (χ3v) is 6.56. The highest BCUT2D eigenvalue weighted by molar-refractivity contribution is 6.35. The van der Waals surface area contributed by atoms with E-state index in [2.05, 4.69) is 12.2 Å². The molecule has 0 bridgehead atoms. The Kier molecular flexibility index (Phi) is 10.5. The molecular formula is C28H29Cl3N2O2. The quantitative estimate of drug-likeness (QED) is 0.278. The molecular weight excluding hydrogens is 503 g/mol. The molecule has 0 aliphatic rings. The van der Waals surface area contributed by atoms with Gasteiger partial charge >= 0.3 is 0 Å². The molecule has 3 aromatic rings. The van der Waals surface area contributed by atoms with Gasteiger partial charge in [-0.25, -0.2) is 0 Å². The van der Waals surface area contributed by atoms with Crippen molar-refractivity contribution in [2.75, 3.05) is 6.54 Å². The third-order valence-electron chi connectivity index (χ3n) is 5.72. The number of hydrogen-bond acceptors (Lipinski definition) is 2. The highest BCUT2D eigenvalue weighted by atomic mass is 35.5. The molecule has 0 saturated heterocycles. The number of hydrogen-bond donors (Lipinski definition) is 1. The van der Waals surface area contributed by atoms with Crippen molar-refractivity contribution < 1.29 is 9.59 Å². The number of amides is 2. The van der Waals surface area contributed by atoms with Crippen LogP contribution in [0.25, 0.3) is 0 Å². The number of carbonyl (C=O) groups is 2. The summed E-state index contributed by atoms with van der Waals surface area (Å²) in [7, 11) is 0. The lowest BCUT2D eigenvalue weighted by Gasteiger charge is -2.32. The number of carbonyl (C=O) groups excluding carboxylic acids is 2. The zero-order chi connectivity index (χ0) is 25.2. The van der Waals surface area contributed by atoms with E-state index < -0.39 is 6.04 Å². The zero-order valence-electron chi connectivity index (χ0n) is 19.6. The van der Waals surface area contributed by atoms with E-state index in [1.807, 2.05) is 42.5 Å². The van der Waals surface area contributed by atoms with Crippen LogP contribution < -0.4 is 5.32 Å². The summed E-state index contributed by atoms with van der Waals surface area (Å²) in [5.41, 5.74) is 2.51. The maximum Gasteiger partial charge on any atom is 0.243 e. The Labute approximate surface area is 222 Å². The molecule has 1 N–H and O–H groups in total. The molecule has 0 radical (unpaired) electrons. The predicted octanol–water partition coefficient (Wildman–Crippen LogP) is 6.75. The Bertz CT molecular complexity index is 1120. The molecule has 0 saturated carbocycles. The molecule has 0 fully saturated rings. The van der Waals surface area contributed by atoms with Crippen LogP contribution in [0.15, 0.2) is 72.8 Å². The van der Waals surface area contributed by atoms with Gasteiger partial charge in [-0.2, -0.15) is 0 Å². The van der Waals surface area contributed by atoms with Gasteiger partial charge in [0.15, 0.2) is 0 Å². The summed E-state index contributed by atoms with van der Waals surface area (Å²) in [6.45, 7) is 2.90. The van der Waals surface area contributed by atoms with E-state index in [9.17, 15) is 9.59 Å². The van der Waals surface area contributed by atoms with Gasteiger partial charge in [-0.05, 0) is 47.4 Å². The van der Waals surface area contributed by atoms with Crippen molar-refractivity contribution in [3.8, 4) is 0 Å². The first kappa shape index (κ1) is 27.1. The first-order chi connectivity index (χ1) is 16.9. The first-order valence-electron chi connectivity index (χ1n) is 11.7. The van der Waals surface area contributed by atoms with Crippen LogP contribution in [0, 0.1) is 0 Å². The van der Waals surface area contributed by atoms with Gasteiger partial charge in [0.2, 0.25) is 11.8 Å². The van der Waals surface area contributed by atoms with Crippen molar-refractivity contribution in [3.05, 3.63) is 105 Å². The topological polar surface area (TPSA) is 49.4 Å². The Hall–Kier alpha value is -2.53. The maximum atomic E-state index is 13.7. The van der Waals surface area contributed by atoms with Crippen LogP contribution in [0.5, 0.6) is 0 Å². The minimum atomic E-state index is -0.691. The van der Waals surface area contributed by atoms with Crippen molar-refractivity contribution in [1.29, 1.82) is 0 Å². The van der Waals surface area contributed by atoms with Crippen molar-refractivity contribution in [3.63, 3.8) is 0 Å². The number of nitrogens with one attached hydrogen (secondary N) is 1. The molecule has 0 unspecified atom stereocenters. The number of unbranched alkanes of at least 4 members (excludes halogenated alkanes) is 1. The Morgan fingerprint density at radius 1 is 0.886 bits per heavy atom. The highest BCUT2D eigenvalue weighted by Gasteiger charge is 2.30. The van der Waals surface area contributed by atoms with Crippen LogP contribution in [-0.2, 0) is 29.0 Å². The molecule has 0 heterocycles. The number of halogens is 3. The largest absolute Gasteiger partial charge is 0.354 e. The Morgan fingerprint density at radius 2 is 1.57 bits per heavy atom. The SMILES string of the molecule is CCCCNC(=O)[C@@H](Cc1ccccc1)N(Cc1ccc(Cl)cc1)C(=O)Cc1ccc(Cl)cc1Cl. The van der Waals surface area contributed by atoms with Crippen LogP contribution in [0.2, 0.25) is 15.1 Å². The monoisotopic (exact) mass is 530 g/mol. The van der Waals surface area contributed by atoms with Crippen molar-refractivity contribution in [1.82, 2.24) is 10.2 Å². The van der Waals surface area contributed by atoms with E-state index >= 15 is 0 Å². The molecule has 184 valence electrons. The predicted molar refractivity (Wildman–Crippen MR) is 144 cm³/mol. The second-order valence-electron chi connectivity index (χ2n) is 8.41. The molecule has 3 aromatic carbocycles. The lowest BCUT2D eigenvalue weighted by atomic mass is 10.0. The lowest BCUT2D eigenvalue weighted by molar-refractivity contribution is -0.140. The summed E-state index contributed by atoms with van der Waals surface area (Å²) in [5.74, 6) is -0.373.